The van der Waals surface area contributed by atoms with Gasteiger partial charge in [-0.3, -0.25) is 4.79 Å². The van der Waals surface area contributed by atoms with Crippen molar-refractivity contribution in [1.29, 1.82) is 0 Å². The van der Waals surface area contributed by atoms with Crippen molar-refractivity contribution in [2.24, 2.45) is 39.4 Å². The Morgan fingerprint density at radius 1 is 1.32 bits per heavy atom. The first-order valence-electron chi connectivity index (χ1n) is 10.7. The molecule has 0 unspecified atom stereocenters. The van der Waals surface area contributed by atoms with Crippen LogP contribution in [0.4, 0.5) is 0 Å². The lowest BCUT2D eigenvalue weighted by atomic mass is 9.32. The Hall–Kier alpha value is -1.20. The van der Waals surface area contributed by atoms with Crippen molar-refractivity contribution in [3.8, 4) is 0 Å². The molecule has 0 aromatic carbocycles. The van der Waals surface area contributed by atoms with E-state index in [2.05, 4.69) is 27.4 Å². The summed E-state index contributed by atoms with van der Waals surface area (Å²) in [7, 11) is 0. The number of carbonyl (C=O) groups is 2. The van der Waals surface area contributed by atoms with E-state index in [4.69, 9.17) is 4.74 Å². The van der Waals surface area contributed by atoms with Crippen molar-refractivity contribution in [1.82, 2.24) is 0 Å². The van der Waals surface area contributed by atoms with Crippen LogP contribution in [-0.4, -0.2) is 40.8 Å². The molecule has 9 atom stereocenters. The molecule has 4 saturated carbocycles. The van der Waals surface area contributed by atoms with Crippen molar-refractivity contribution in [2.45, 2.75) is 72.0 Å². The lowest BCUT2D eigenvalue weighted by Gasteiger charge is -2.71. The highest BCUT2D eigenvalue weighted by Gasteiger charge is 2.81. The lowest BCUT2D eigenvalue weighted by Crippen LogP contribution is -2.71. The molecule has 5 nitrogen and oxygen atoms in total. The molecule has 0 heterocycles. The zero-order valence-corrected chi connectivity index (χ0v) is 17.5. The topological polar surface area (TPSA) is 83.8 Å². The molecule has 0 amide bonds. The van der Waals surface area contributed by atoms with Gasteiger partial charge in [0.25, 0.3) is 0 Å². The summed E-state index contributed by atoms with van der Waals surface area (Å²) in [5.41, 5.74) is -1.41. The molecule has 0 radical (unpaired) electrons. The highest BCUT2D eigenvalue weighted by atomic mass is 16.6. The number of rotatable bonds is 3. The van der Waals surface area contributed by atoms with Crippen LogP contribution in [0, 0.1) is 39.4 Å². The maximum absolute atomic E-state index is 13.1. The van der Waals surface area contributed by atoms with Crippen molar-refractivity contribution < 1.29 is 24.5 Å². The van der Waals surface area contributed by atoms with Crippen LogP contribution in [0.2, 0.25) is 0 Å². The first-order valence-corrected chi connectivity index (χ1v) is 10.7. The van der Waals surface area contributed by atoms with Crippen LogP contribution in [0.3, 0.4) is 0 Å². The summed E-state index contributed by atoms with van der Waals surface area (Å²) in [6.07, 6.45) is 4.22. The Kier molecular flexibility index (Phi) is 4.24. The molecule has 2 spiro atoms. The van der Waals surface area contributed by atoms with Gasteiger partial charge in [0.2, 0.25) is 0 Å². The van der Waals surface area contributed by atoms with Gasteiger partial charge in [0, 0.05) is 22.7 Å². The van der Waals surface area contributed by atoms with E-state index in [0.29, 0.717) is 18.6 Å². The number of esters is 1. The van der Waals surface area contributed by atoms with Gasteiger partial charge in [0.05, 0.1) is 6.10 Å². The van der Waals surface area contributed by atoms with E-state index < -0.39 is 30.2 Å². The van der Waals surface area contributed by atoms with E-state index in [1.807, 2.05) is 6.92 Å². The summed E-state index contributed by atoms with van der Waals surface area (Å²) >= 11 is 0. The number of hydrogen-bond acceptors (Lipinski definition) is 5. The molecule has 0 aromatic heterocycles. The van der Waals surface area contributed by atoms with Gasteiger partial charge in [-0.05, 0) is 48.9 Å². The van der Waals surface area contributed by atoms with Crippen LogP contribution >= 0.6 is 0 Å². The number of ketones is 1. The monoisotopic (exact) mass is 390 g/mol. The molecule has 5 heteroatoms. The fraction of sp³-hybridized carbons (Fsp3) is 0.826. The summed E-state index contributed by atoms with van der Waals surface area (Å²) in [5, 5.41) is 20.7. The van der Waals surface area contributed by atoms with Crippen LogP contribution in [0.5, 0.6) is 0 Å². The van der Waals surface area contributed by atoms with E-state index in [1.54, 1.807) is 6.08 Å². The van der Waals surface area contributed by atoms with E-state index in [0.717, 1.165) is 19.3 Å². The number of carbonyl (C=O) groups excluding carboxylic acids is 2. The third kappa shape index (κ3) is 2.10. The second kappa shape index (κ2) is 5.91. The van der Waals surface area contributed by atoms with E-state index in [1.165, 1.54) is 0 Å². The third-order valence-corrected chi connectivity index (χ3v) is 9.74. The minimum atomic E-state index is -0.662. The van der Waals surface area contributed by atoms with Gasteiger partial charge < -0.3 is 14.9 Å². The first-order chi connectivity index (χ1) is 13.0. The zero-order valence-electron chi connectivity index (χ0n) is 17.5. The summed E-state index contributed by atoms with van der Waals surface area (Å²) in [6.45, 7) is 11.8. The largest absolute Gasteiger partial charge is 0.460 e. The van der Waals surface area contributed by atoms with Crippen molar-refractivity contribution >= 4 is 11.8 Å². The molecule has 0 saturated heterocycles. The smallest absolute Gasteiger partial charge is 0.332 e. The van der Waals surface area contributed by atoms with Gasteiger partial charge in [-0.15, -0.1) is 6.58 Å². The van der Waals surface area contributed by atoms with Crippen LogP contribution < -0.4 is 0 Å². The maximum atomic E-state index is 13.1. The number of aliphatic hydroxyl groups excluding tert-OH is 2. The SMILES string of the molecule is C=C[C@]1(C)C[C@@H](OC(=O)CO)[C@]2(C)[C@H](C)C[C@]34C[C@@](CCC3=O)([C@@H]42)[C@@H](C)[C@@H]1O. The average Bonchev–Trinajstić information content (AvgIpc) is 2.85. The molecule has 28 heavy (non-hydrogen) atoms. The highest BCUT2D eigenvalue weighted by molar-refractivity contribution is 5.89. The van der Waals surface area contributed by atoms with Gasteiger partial charge in [-0.2, -0.15) is 0 Å². The van der Waals surface area contributed by atoms with Gasteiger partial charge in [0.15, 0.2) is 0 Å². The molecule has 4 fully saturated rings. The molecular formula is C23H34O5. The minimum Gasteiger partial charge on any atom is -0.460 e. The van der Waals surface area contributed by atoms with Crippen LogP contribution in [0.25, 0.3) is 0 Å². The fourth-order valence-corrected chi connectivity index (χ4v) is 8.22. The summed E-state index contributed by atoms with van der Waals surface area (Å²) in [5.74, 6) is 0.0872. The molecular weight excluding hydrogens is 356 g/mol. The molecule has 0 aromatic rings. The number of aliphatic hydroxyl groups is 2. The van der Waals surface area contributed by atoms with Crippen molar-refractivity contribution in [2.75, 3.05) is 6.61 Å². The Morgan fingerprint density at radius 3 is 2.61 bits per heavy atom. The predicted molar refractivity (Wildman–Crippen MR) is 104 cm³/mol. The van der Waals surface area contributed by atoms with E-state index in [-0.39, 0.29) is 34.0 Å². The number of hydrogen-bond donors (Lipinski definition) is 2. The Morgan fingerprint density at radius 2 is 2.00 bits per heavy atom. The van der Waals surface area contributed by atoms with Crippen molar-refractivity contribution in [3.63, 3.8) is 0 Å². The standard InChI is InChI=1S/C23H34O5/c1-6-20(4)10-16(28-17(26)11-24)21(5)13(2)9-23-12-22(19(21)23,8-7-15(23)25)14(3)18(20)27/h6,13-14,16,18-19,24,27H,1,7-12H2,2-5H3/t13-,14+,16-,18+,19+,20-,21+,22-,23+/m1/s1. The summed E-state index contributed by atoms with van der Waals surface area (Å²) < 4.78 is 5.85. The molecule has 2 N–H and O–H groups in total. The second-order valence-electron chi connectivity index (χ2n) is 10.7. The summed E-state index contributed by atoms with van der Waals surface area (Å²) in [6, 6.07) is 0. The van der Waals surface area contributed by atoms with E-state index >= 15 is 0 Å². The molecule has 0 aliphatic heterocycles. The predicted octanol–water partition coefficient (Wildman–Crippen LogP) is 2.89. The van der Waals surface area contributed by atoms with Gasteiger partial charge in [-0.25, -0.2) is 4.79 Å². The molecule has 4 rings (SSSR count). The molecule has 4 aliphatic rings. The van der Waals surface area contributed by atoms with Gasteiger partial charge in [0.1, 0.15) is 18.5 Å². The van der Waals surface area contributed by atoms with Crippen LogP contribution in [-0.2, 0) is 14.3 Å². The Labute approximate surface area is 167 Å². The minimum absolute atomic E-state index is 0.0424. The Balaban J connectivity index is 1.90. The normalized spacial score (nSPS) is 54.8. The van der Waals surface area contributed by atoms with Crippen LogP contribution in [0.1, 0.15) is 59.8 Å². The second-order valence-corrected chi connectivity index (χ2v) is 10.7. The molecule has 2 bridgehead atoms. The summed E-state index contributed by atoms with van der Waals surface area (Å²) in [4.78, 5) is 25.2. The number of Topliss-reactive ketones (excluding diaryl/α,β-unsaturated/α-hetero) is 1. The quantitative estimate of drug-likeness (QED) is 0.572. The highest BCUT2D eigenvalue weighted by Crippen LogP contribution is 2.82. The lowest BCUT2D eigenvalue weighted by molar-refractivity contribution is -0.258. The fourth-order valence-electron chi connectivity index (χ4n) is 8.22. The molecule has 4 aliphatic carbocycles. The zero-order chi connectivity index (χ0) is 20.7. The molecule has 156 valence electrons. The average molecular weight is 391 g/mol. The van der Waals surface area contributed by atoms with Gasteiger partial charge in [-0.1, -0.05) is 33.8 Å². The van der Waals surface area contributed by atoms with Crippen molar-refractivity contribution in [3.05, 3.63) is 12.7 Å². The van der Waals surface area contributed by atoms with Crippen LogP contribution in [0.15, 0.2) is 12.7 Å². The third-order valence-electron chi connectivity index (χ3n) is 9.74. The maximum Gasteiger partial charge on any atom is 0.332 e. The first kappa shape index (κ1) is 20.1. The Bertz CT molecular complexity index is 733. The van der Waals surface area contributed by atoms with E-state index in [9.17, 15) is 19.8 Å². The van der Waals surface area contributed by atoms with Gasteiger partial charge >= 0.3 is 5.97 Å². The number of ether oxygens (including phenoxy) is 1.